The standard InChI is InChI=1S/C14H19FN2O2/c1-16-6-8-17(9-7-16)13(14(18)19)10-11-4-2-3-5-12(11)15/h2-5,13H,6-10H2,1H3,(H,18,19). The molecule has 4 nitrogen and oxygen atoms in total. The van der Waals surface area contributed by atoms with Gasteiger partial charge in [-0.2, -0.15) is 0 Å². The van der Waals surface area contributed by atoms with Crippen LogP contribution in [0.2, 0.25) is 0 Å². The Bertz CT molecular complexity index is 445. The maximum absolute atomic E-state index is 13.6. The second-order valence-corrected chi connectivity index (χ2v) is 4.99. The van der Waals surface area contributed by atoms with Crippen molar-refractivity contribution in [3.05, 3.63) is 35.6 Å². The Morgan fingerprint density at radius 3 is 2.53 bits per heavy atom. The molecule has 1 N–H and O–H groups in total. The van der Waals surface area contributed by atoms with Crippen molar-refractivity contribution in [3.63, 3.8) is 0 Å². The number of hydrogen-bond donors (Lipinski definition) is 1. The molecule has 0 aromatic heterocycles. The van der Waals surface area contributed by atoms with Crippen molar-refractivity contribution in [1.82, 2.24) is 9.80 Å². The van der Waals surface area contributed by atoms with E-state index in [0.29, 0.717) is 18.7 Å². The molecular formula is C14H19FN2O2. The van der Waals surface area contributed by atoms with Gasteiger partial charge in [-0.15, -0.1) is 0 Å². The van der Waals surface area contributed by atoms with Crippen LogP contribution in [0.4, 0.5) is 4.39 Å². The summed E-state index contributed by atoms with van der Waals surface area (Å²) in [5.74, 6) is -1.21. The second-order valence-electron chi connectivity index (χ2n) is 4.99. The fourth-order valence-corrected chi connectivity index (χ4v) is 2.38. The van der Waals surface area contributed by atoms with Crippen molar-refractivity contribution in [1.29, 1.82) is 0 Å². The van der Waals surface area contributed by atoms with Gasteiger partial charge < -0.3 is 10.0 Å². The average Bonchev–Trinajstić information content (AvgIpc) is 2.39. The number of carbonyl (C=O) groups is 1. The van der Waals surface area contributed by atoms with E-state index in [0.717, 1.165) is 13.1 Å². The highest BCUT2D eigenvalue weighted by Crippen LogP contribution is 2.14. The Morgan fingerprint density at radius 1 is 1.32 bits per heavy atom. The maximum atomic E-state index is 13.6. The molecule has 1 fully saturated rings. The Morgan fingerprint density at radius 2 is 1.95 bits per heavy atom. The zero-order valence-electron chi connectivity index (χ0n) is 11.1. The Hall–Kier alpha value is -1.46. The Kier molecular flexibility index (Phi) is 4.50. The lowest BCUT2D eigenvalue weighted by atomic mass is 10.0. The zero-order chi connectivity index (χ0) is 13.8. The molecule has 1 aliphatic heterocycles. The lowest BCUT2D eigenvalue weighted by molar-refractivity contribution is -0.144. The van der Waals surface area contributed by atoms with E-state index in [1.165, 1.54) is 6.07 Å². The third-order valence-electron chi connectivity index (χ3n) is 3.63. The molecule has 0 amide bonds. The van der Waals surface area contributed by atoms with Crippen LogP contribution >= 0.6 is 0 Å². The van der Waals surface area contributed by atoms with E-state index in [9.17, 15) is 14.3 Å². The number of halogens is 1. The van der Waals surface area contributed by atoms with Crippen molar-refractivity contribution in [2.75, 3.05) is 33.2 Å². The predicted molar refractivity (Wildman–Crippen MR) is 70.6 cm³/mol. The summed E-state index contributed by atoms with van der Waals surface area (Å²) in [6, 6.07) is 5.73. The van der Waals surface area contributed by atoms with E-state index in [-0.39, 0.29) is 12.2 Å². The fourth-order valence-electron chi connectivity index (χ4n) is 2.38. The number of rotatable bonds is 4. The highest BCUT2D eigenvalue weighted by Gasteiger charge is 2.28. The zero-order valence-corrected chi connectivity index (χ0v) is 11.1. The highest BCUT2D eigenvalue weighted by atomic mass is 19.1. The summed E-state index contributed by atoms with van der Waals surface area (Å²) < 4.78 is 13.6. The van der Waals surface area contributed by atoms with Gasteiger partial charge >= 0.3 is 5.97 Å². The smallest absolute Gasteiger partial charge is 0.321 e. The minimum atomic E-state index is -0.882. The first-order valence-electron chi connectivity index (χ1n) is 6.46. The molecule has 0 spiro atoms. The van der Waals surface area contributed by atoms with Crippen LogP contribution in [0.15, 0.2) is 24.3 Å². The number of likely N-dealkylation sites (N-methyl/N-ethyl adjacent to an activating group) is 1. The van der Waals surface area contributed by atoms with Gasteiger partial charge in [-0.05, 0) is 18.7 Å². The molecule has 1 saturated heterocycles. The van der Waals surface area contributed by atoms with Crippen LogP contribution in [0, 0.1) is 5.82 Å². The number of aliphatic carboxylic acids is 1. The minimum absolute atomic E-state index is 0.214. The van der Waals surface area contributed by atoms with Gasteiger partial charge in [-0.3, -0.25) is 9.69 Å². The van der Waals surface area contributed by atoms with Gasteiger partial charge in [0.1, 0.15) is 11.9 Å². The van der Waals surface area contributed by atoms with E-state index in [1.807, 2.05) is 11.9 Å². The molecule has 0 bridgehead atoms. The molecule has 1 aromatic carbocycles. The van der Waals surface area contributed by atoms with E-state index in [2.05, 4.69) is 4.90 Å². The van der Waals surface area contributed by atoms with E-state index < -0.39 is 12.0 Å². The predicted octanol–water partition coefficient (Wildman–Crippen LogP) is 1.07. The molecule has 2 rings (SSSR count). The second kappa shape index (κ2) is 6.12. The van der Waals surface area contributed by atoms with Gasteiger partial charge in [-0.25, -0.2) is 4.39 Å². The van der Waals surface area contributed by atoms with E-state index in [4.69, 9.17) is 0 Å². The number of hydrogen-bond acceptors (Lipinski definition) is 3. The van der Waals surface area contributed by atoms with Crippen LogP contribution in [0.3, 0.4) is 0 Å². The Balaban J connectivity index is 2.09. The van der Waals surface area contributed by atoms with Crippen molar-refractivity contribution in [2.24, 2.45) is 0 Å². The lowest BCUT2D eigenvalue weighted by Crippen LogP contribution is -2.52. The van der Waals surface area contributed by atoms with Crippen LogP contribution in [-0.4, -0.2) is 60.1 Å². The van der Waals surface area contributed by atoms with Gasteiger partial charge in [0.05, 0.1) is 0 Å². The highest BCUT2D eigenvalue weighted by molar-refractivity contribution is 5.74. The van der Waals surface area contributed by atoms with Gasteiger partial charge in [0, 0.05) is 32.6 Å². The van der Waals surface area contributed by atoms with Crippen LogP contribution in [-0.2, 0) is 11.2 Å². The molecule has 1 aromatic rings. The molecular weight excluding hydrogens is 247 g/mol. The first-order chi connectivity index (χ1) is 9.08. The van der Waals surface area contributed by atoms with Crippen LogP contribution in [0.5, 0.6) is 0 Å². The van der Waals surface area contributed by atoms with E-state index in [1.54, 1.807) is 18.2 Å². The fraction of sp³-hybridized carbons (Fsp3) is 0.500. The molecule has 0 saturated carbocycles. The molecule has 0 aliphatic carbocycles. The van der Waals surface area contributed by atoms with Crippen LogP contribution in [0.25, 0.3) is 0 Å². The number of carboxylic acids is 1. The summed E-state index contributed by atoms with van der Waals surface area (Å²) in [5.41, 5.74) is 0.467. The normalized spacial score (nSPS) is 19.3. The van der Waals surface area contributed by atoms with Crippen molar-refractivity contribution >= 4 is 5.97 Å². The number of benzene rings is 1. The van der Waals surface area contributed by atoms with Gasteiger partial charge in [0.2, 0.25) is 0 Å². The molecule has 1 unspecified atom stereocenters. The molecule has 19 heavy (non-hydrogen) atoms. The van der Waals surface area contributed by atoms with Crippen LogP contribution in [0.1, 0.15) is 5.56 Å². The summed E-state index contributed by atoms with van der Waals surface area (Å²) in [5, 5.41) is 9.37. The summed E-state index contributed by atoms with van der Waals surface area (Å²) in [6.45, 7) is 3.12. The summed E-state index contributed by atoms with van der Waals surface area (Å²) in [6.07, 6.45) is 0.214. The maximum Gasteiger partial charge on any atom is 0.321 e. The molecule has 5 heteroatoms. The summed E-state index contributed by atoms with van der Waals surface area (Å²) >= 11 is 0. The quantitative estimate of drug-likeness (QED) is 0.885. The summed E-state index contributed by atoms with van der Waals surface area (Å²) in [4.78, 5) is 15.5. The average molecular weight is 266 g/mol. The number of carboxylic acid groups (broad SMARTS) is 1. The van der Waals surface area contributed by atoms with Crippen molar-refractivity contribution in [3.8, 4) is 0 Å². The van der Waals surface area contributed by atoms with Crippen molar-refractivity contribution < 1.29 is 14.3 Å². The molecule has 104 valence electrons. The topological polar surface area (TPSA) is 43.8 Å². The molecule has 1 heterocycles. The number of piperazine rings is 1. The molecule has 0 radical (unpaired) electrons. The number of nitrogens with zero attached hydrogens (tertiary/aromatic N) is 2. The lowest BCUT2D eigenvalue weighted by Gasteiger charge is -2.36. The van der Waals surface area contributed by atoms with Gasteiger partial charge in [0.15, 0.2) is 0 Å². The molecule has 1 atom stereocenters. The third-order valence-corrected chi connectivity index (χ3v) is 3.63. The largest absolute Gasteiger partial charge is 0.480 e. The van der Waals surface area contributed by atoms with Crippen LogP contribution < -0.4 is 0 Å². The first kappa shape index (κ1) is 14.0. The third kappa shape index (κ3) is 3.52. The summed E-state index contributed by atoms with van der Waals surface area (Å²) in [7, 11) is 2.02. The monoisotopic (exact) mass is 266 g/mol. The SMILES string of the molecule is CN1CCN(C(Cc2ccccc2F)C(=O)O)CC1. The Labute approximate surface area is 112 Å². The van der Waals surface area contributed by atoms with E-state index >= 15 is 0 Å². The van der Waals surface area contributed by atoms with Gasteiger partial charge in [-0.1, -0.05) is 18.2 Å². The van der Waals surface area contributed by atoms with Gasteiger partial charge in [0.25, 0.3) is 0 Å². The molecule has 1 aliphatic rings. The minimum Gasteiger partial charge on any atom is -0.480 e. The van der Waals surface area contributed by atoms with Crippen molar-refractivity contribution in [2.45, 2.75) is 12.5 Å². The first-order valence-corrected chi connectivity index (χ1v) is 6.46.